The molecule has 2 fully saturated rings. The molecule has 0 radical (unpaired) electrons. The molecule has 0 aliphatic carbocycles. The lowest BCUT2D eigenvalue weighted by atomic mass is 9.87. The number of hydrogen-bond acceptors (Lipinski definition) is 11. The number of aromatic nitrogens is 2. The molecule has 376 valence electrons. The zero-order valence-electron chi connectivity index (χ0n) is 40.2. The number of fused-ring (bicyclic) bond motifs is 2. The van der Waals surface area contributed by atoms with E-state index in [0.717, 1.165) is 19.1 Å². The second kappa shape index (κ2) is 21.0. The van der Waals surface area contributed by atoms with Crippen molar-refractivity contribution in [3.8, 4) is 0 Å². The summed E-state index contributed by atoms with van der Waals surface area (Å²) in [7, 11) is -9.09. The normalized spacial score (nSPS) is 15.9. The Morgan fingerprint density at radius 1 is 0.486 bits per heavy atom. The van der Waals surface area contributed by atoms with Gasteiger partial charge in [-0.05, 0) is 123 Å². The van der Waals surface area contributed by atoms with E-state index in [1.165, 1.54) is 72.8 Å². The number of nitro benzene ring substituents is 2. The molecule has 2 aliphatic rings. The largest absolute Gasteiger partial charge is 0.299 e. The molecule has 2 aliphatic heterocycles. The molecule has 0 spiro atoms. The first-order chi connectivity index (χ1) is 35.7. The molecular formula is C57H52N6O9S2. The van der Waals surface area contributed by atoms with Gasteiger partial charge in [-0.2, -0.15) is 0 Å². The van der Waals surface area contributed by atoms with Crippen LogP contribution in [0.4, 0.5) is 11.4 Å². The first-order valence-corrected chi connectivity index (χ1v) is 27.4. The Hall–Kier alpha value is -7.83. The van der Waals surface area contributed by atoms with E-state index in [1.807, 2.05) is 36.4 Å². The number of carbonyl (C=O) groups is 1. The van der Waals surface area contributed by atoms with Gasteiger partial charge in [-0.1, -0.05) is 109 Å². The SMILES string of the molecule is O=C(/C(=C\C1CCN(Cc2ccccc2)CC1)c1cc2cc([N+](=O)[O-])ccc2n1S(=O)(=O)c1ccccc1)/C(=C\C1CCN(Cc2ccccc2)CC1)c1cc2cc([N+](=O)[O-])ccc2n1S(=O)(=O)c1ccccc1. The summed E-state index contributed by atoms with van der Waals surface area (Å²) < 4.78 is 62.8. The zero-order valence-corrected chi connectivity index (χ0v) is 41.9. The van der Waals surface area contributed by atoms with E-state index in [2.05, 4.69) is 34.1 Å². The highest BCUT2D eigenvalue weighted by atomic mass is 32.2. The summed E-state index contributed by atoms with van der Waals surface area (Å²) in [6.07, 6.45) is 5.94. The third-order valence-corrected chi connectivity index (χ3v) is 17.6. The van der Waals surface area contributed by atoms with Crippen LogP contribution in [0.15, 0.2) is 192 Å². The first-order valence-electron chi connectivity index (χ1n) is 24.5. The van der Waals surface area contributed by atoms with Crippen molar-refractivity contribution in [2.24, 2.45) is 11.8 Å². The Balaban J connectivity index is 1.19. The zero-order chi connectivity index (χ0) is 51.6. The minimum Gasteiger partial charge on any atom is -0.299 e. The van der Waals surface area contributed by atoms with Crippen molar-refractivity contribution in [3.63, 3.8) is 0 Å². The van der Waals surface area contributed by atoms with E-state index in [9.17, 15) is 20.2 Å². The molecule has 0 atom stereocenters. The highest BCUT2D eigenvalue weighted by Gasteiger charge is 2.35. The van der Waals surface area contributed by atoms with Gasteiger partial charge in [-0.25, -0.2) is 24.8 Å². The number of carbonyl (C=O) groups excluding carboxylic acids is 1. The molecule has 0 amide bonds. The summed E-state index contributed by atoms with van der Waals surface area (Å²) in [6.45, 7) is 4.04. The van der Waals surface area contributed by atoms with Crippen LogP contribution in [0.3, 0.4) is 0 Å². The lowest BCUT2D eigenvalue weighted by molar-refractivity contribution is -0.384. The minimum atomic E-state index is -4.54. The van der Waals surface area contributed by atoms with Gasteiger partial charge >= 0.3 is 0 Å². The van der Waals surface area contributed by atoms with Gasteiger partial charge in [0.15, 0.2) is 5.78 Å². The molecule has 15 nitrogen and oxygen atoms in total. The van der Waals surface area contributed by atoms with Crippen LogP contribution in [0.1, 0.15) is 48.2 Å². The molecule has 10 rings (SSSR count). The number of hydrogen-bond donors (Lipinski definition) is 0. The average molecular weight is 1030 g/mol. The molecule has 0 bridgehead atoms. The predicted octanol–water partition coefficient (Wildman–Crippen LogP) is 10.7. The highest BCUT2D eigenvalue weighted by molar-refractivity contribution is 7.90. The third-order valence-electron chi connectivity index (χ3n) is 14.1. The van der Waals surface area contributed by atoms with Crippen LogP contribution in [0, 0.1) is 32.1 Å². The van der Waals surface area contributed by atoms with Gasteiger partial charge in [0, 0.05) is 59.3 Å². The fourth-order valence-corrected chi connectivity index (χ4v) is 13.4. The summed E-state index contributed by atoms with van der Waals surface area (Å²) in [5, 5.41) is 24.8. The lowest BCUT2D eigenvalue weighted by Crippen LogP contribution is -2.33. The van der Waals surface area contributed by atoms with Crippen LogP contribution < -0.4 is 0 Å². The first kappa shape index (κ1) is 49.7. The summed E-state index contributed by atoms with van der Waals surface area (Å²) in [5.74, 6) is -1.23. The Morgan fingerprint density at radius 2 is 0.824 bits per heavy atom. The van der Waals surface area contributed by atoms with Crippen LogP contribution in [0.25, 0.3) is 33.0 Å². The molecule has 0 saturated carbocycles. The number of rotatable bonds is 16. The molecule has 4 heterocycles. The maximum absolute atomic E-state index is 16.5. The summed E-state index contributed by atoms with van der Waals surface area (Å²) in [4.78, 5) is 44.3. The van der Waals surface area contributed by atoms with Crippen molar-refractivity contribution in [1.82, 2.24) is 17.7 Å². The second-order valence-electron chi connectivity index (χ2n) is 18.9. The van der Waals surface area contributed by atoms with E-state index >= 15 is 21.6 Å². The number of nitro groups is 2. The van der Waals surface area contributed by atoms with Crippen molar-refractivity contribution in [1.29, 1.82) is 0 Å². The maximum atomic E-state index is 16.5. The van der Waals surface area contributed by atoms with Gasteiger partial charge in [0.05, 0.1) is 42.1 Å². The summed E-state index contributed by atoms with van der Waals surface area (Å²) >= 11 is 0. The fourth-order valence-electron chi connectivity index (χ4n) is 10.3. The number of non-ortho nitro benzene ring substituents is 2. The van der Waals surface area contributed by atoms with Crippen LogP contribution in [0.2, 0.25) is 0 Å². The molecular weight excluding hydrogens is 977 g/mol. The van der Waals surface area contributed by atoms with Gasteiger partial charge in [0.2, 0.25) is 0 Å². The van der Waals surface area contributed by atoms with E-state index < -0.39 is 35.7 Å². The number of benzene rings is 6. The van der Waals surface area contributed by atoms with E-state index in [-0.39, 0.29) is 77.3 Å². The smallest absolute Gasteiger partial charge is 0.270 e. The monoisotopic (exact) mass is 1030 g/mol. The molecule has 0 N–H and O–H groups in total. The molecule has 17 heteroatoms. The van der Waals surface area contributed by atoms with Gasteiger partial charge in [-0.15, -0.1) is 0 Å². The minimum absolute atomic E-state index is 0.0440. The van der Waals surface area contributed by atoms with Crippen LogP contribution in [0.5, 0.6) is 0 Å². The van der Waals surface area contributed by atoms with E-state index in [0.29, 0.717) is 65.0 Å². The quantitative estimate of drug-likeness (QED) is 0.0509. The third kappa shape index (κ3) is 10.2. The number of allylic oxidation sites excluding steroid dienone is 4. The van der Waals surface area contributed by atoms with Crippen molar-refractivity contribution < 1.29 is 31.5 Å². The Labute approximate surface area is 428 Å². The van der Waals surface area contributed by atoms with Crippen molar-refractivity contribution >= 4 is 70.2 Å². The molecule has 0 unspecified atom stereocenters. The highest BCUT2D eigenvalue weighted by Crippen LogP contribution is 2.40. The van der Waals surface area contributed by atoms with Crippen molar-refractivity contribution in [2.75, 3.05) is 26.2 Å². The van der Waals surface area contributed by atoms with Gasteiger partial charge in [0.1, 0.15) is 0 Å². The summed E-state index contributed by atoms with van der Waals surface area (Å²) in [6, 6.07) is 46.2. The van der Waals surface area contributed by atoms with Crippen LogP contribution >= 0.6 is 0 Å². The molecule has 2 aromatic heterocycles. The Kier molecular flexibility index (Phi) is 14.1. The van der Waals surface area contributed by atoms with E-state index in [4.69, 9.17) is 0 Å². The predicted molar refractivity (Wildman–Crippen MR) is 285 cm³/mol. The average Bonchev–Trinajstić information content (AvgIpc) is 4.01. The topological polar surface area (TPSA) is 188 Å². The molecule has 6 aromatic carbocycles. The van der Waals surface area contributed by atoms with Gasteiger partial charge in [-0.3, -0.25) is 34.8 Å². The molecule has 2 saturated heterocycles. The van der Waals surface area contributed by atoms with Crippen molar-refractivity contribution in [2.45, 2.75) is 48.6 Å². The summed E-state index contributed by atoms with van der Waals surface area (Å²) in [5.41, 5.74) is 1.70. The lowest BCUT2D eigenvalue weighted by Gasteiger charge is -2.31. The number of Topliss-reactive ketones (excluding diaryl/α,β-unsaturated/α-hetero) is 1. The van der Waals surface area contributed by atoms with E-state index in [1.54, 1.807) is 48.6 Å². The van der Waals surface area contributed by atoms with Gasteiger partial charge in [0.25, 0.3) is 31.4 Å². The van der Waals surface area contributed by atoms with Crippen LogP contribution in [-0.4, -0.2) is 76.4 Å². The number of likely N-dealkylation sites (tertiary alicyclic amines) is 2. The number of piperidine rings is 2. The van der Waals surface area contributed by atoms with Crippen molar-refractivity contribution in [3.05, 3.63) is 225 Å². The Bertz CT molecular complexity index is 3450. The second-order valence-corrected chi connectivity index (χ2v) is 22.5. The molecule has 74 heavy (non-hydrogen) atoms. The standard InChI is InChI=1S/C57H52N6O9S2/c64-57(51(33-41-25-29-58(30-26-41)39-43-13-5-1-6-14-43)55-37-45-35-47(62(65)66)21-23-53(45)60(55)73(69,70)49-17-9-3-10-18-49)52(34-42-27-31-59(32-28-42)40-44-15-7-2-8-16-44)56-38-46-36-48(63(67)68)22-24-54(46)61(56)74(71,72)50-19-11-4-12-20-50/h1-24,33-38,41-42H,25-32,39-40H2/b51-33-,52-34-. The maximum Gasteiger partial charge on any atom is 0.270 e. The number of nitrogens with zero attached hydrogens (tertiary/aromatic N) is 6. The Morgan fingerprint density at radius 3 is 1.16 bits per heavy atom. The van der Waals surface area contributed by atoms with Crippen LogP contribution in [-0.2, 0) is 37.9 Å². The molecule has 8 aromatic rings. The fraction of sp³-hybridized carbons (Fsp3) is 0.211. The van der Waals surface area contributed by atoms with Gasteiger partial charge < -0.3 is 0 Å². The number of ketones is 1.